The summed E-state index contributed by atoms with van der Waals surface area (Å²) in [5.74, 6) is -1.61. The number of hydrogen-bond donors (Lipinski definition) is 1. The fourth-order valence-electron chi connectivity index (χ4n) is 1.64. The van der Waals surface area contributed by atoms with Gasteiger partial charge in [-0.05, 0) is 19.1 Å². The van der Waals surface area contributed by atoms with E-state index in [9.17, 15) is 9.18 Å². The normalized spacial score (nSPS) is 10.8. The second-order valence-electron chi connectivity index (χ2n) is 3.82. The van der Waals surface area contributed by atoms with E-state index < -0.39 is 11.8 Å². The number of aromatic carboxylic acids is 1. The Morgan fingerprint density at radius 1 is 1.44 bits per heavy atom. The van der Waals surface area contributed by atoms with Crippen LogP contribution in [0.25, 0.3) is 11.0 Å². The quantitative estimate of drug-likeness (QED) is 0.901. The Labute approximate surface area is 102 Å². The number of nitrogens with zero attached hydrogens (tertiary/aromatic N) is 2. The number of carboxylic acid groups (broad SMARTS) is 1. The molecule has 0 fully saturated rings. The smallest absolute Gasteiger partial charge is 0.337 e. The van der Waals surface area contributed by atoms with Crippen molar-refractivity contribution in [1.29, 1.82) is 0 Å². The van der Waals surface area contributed by atoms with Gasteiger partial charge in [0, 0.05) is 12.5 Å². The molecule has 94 valence electrons. The molecular formula is C12H11FN2O3. The third-order valence-electron chi connectivity index (χ3n) is 2.52. The van der Waals surface area contributed by atoms with Gasteiger partial charge in [-0.15, -0.1) is 0 Å². The minimum Gasteiger partial charge on any atom is -0.478 e. The van der Waals surface area contributed by atoms with Gasteiger partial charge in [0.05, 0.1) is 23.6 Å². The highest BCUT2D eigenvalue weighted by molar-refractivity contribution is 5.93. The van der Waals surface area contributed by atoms with E-state index >= 15 is 0 Å². The number of pyridine rings is 2. The molecule has 5 nitrogen and oxygen atoms in total. The van der Waals surface area contributed by atoms with E-state index in [2.05, 4.69) is 9.97 Å². The first-order valence-electron chi connectivity index (χ1n) is 5.22. The highest BCUT2D eigenvalue weighted by atomic mass is 19.1. The van der Waals surface area contributed by atoms with Gasteiger partial charge in [0.2, 0.25) is 0 Å². The minimum absolute atomic E-state index is 0.00518. The van der Waals surface area contributed by atoms with Gasteiger partial charge in [0.25, 0.3) is 0 Å². The van der Waals surface area contributed by atoms with Crippen molar-refractivity contribution in [2.24, 2.45) is 0 Å². The van der Waals surface area contributed by atoms with Gasteiger partial charge in [0.1, 0.15) is 5.82 Å². The van der Waals surface area contributed by atoms with Crippen LogP contribution in [0.4, 0.5) is 4.39 Å². The first kappa shape index (κ1) is 12.4. The van der Waals surface area contributed by atoms with Crippen LogP contribution < -0.4 is 0 Å². The summed E-state index contributed by atoms with van der Waals surface area (Å²) in [5, 5.41) is 9.42. The summed E-state index contributed by atoms with van der Waals surface area (Å²) in [6.07, 6.45) is 0. The summed E-state index contributed by atoms with van der Waals surface area (Å²) in [7, 11) is 1.45. The lowest BCUT2D eigenvalue weighted by atomic mass is 10.1. The Balaban J connectivity index is 2.71. The summed E-state index contributed by atoms with van der Waals surface area (Å²) < 4.78 is 18.3. The number of carboxylic acids is 1. The Bertz CT molecular complexity index is 628. The number of hydrogen-bond acceptors (Lipinski definition) is 4. The van der Waals surface area contributed by atoms with Crippen LogP contribution in [0.2, 0.25) is 0 Å². The van der Waals surface area contributed by atoms with E-state index in [0.29, 0.717) is 11.0 Å². The van der Waals surface area contributed by atoms with E-state index in [1.165, 1.54) is 26.2 Å². The first-order chi connectivity index (χ1) is 8.52. The number of carbonyl (C=O) groups is 1. The van der Waals surface area contributed by atoms with E-state index in [4.69, 9.17) is 9.84 Å². The lowest BCUT2D eigenvalue weighted by Crippen LogP contribution is -2.07. The van der Waals surface area contributed by atoms with Crippen molar-refractivity contribution in [1.82, 2.24) is 9.97 Å². The van der Waals surface area contributed by atoms with Crippen LogP contribution in [0.1, 0.15) is 21.7 Å². The molecule has 0 aliphatic rings. The van der Waals surface area contributed by atoms with Crippen molar-refractivity contribution >= 4 is 17.0 Å². The van der Waals surface area contributed by atoms with Gasteiger partial charge in [-0.2, -0.15) is 0 Å². The maximum Gasteiger partial charge on any atom is 0.337 e. The van der Waals surface area contributed by atoms with E-state index in [1.54, 1.807) is 0 Å². The molecule has 0 saturated heterocycles. The summed E-state index contributed by atoms with van der Waals surface area (Å²) in [6.45, 7) is 1.59. The standard InChI is InChI=1S/C12H11FN2O3/c1-6-9(13)4-7-3-8(12(16)17)10(5-18-2)15-11(7)14-6/h3-4H,5H2,1-2H3,(H,16,17). The number of aromatic nitrogens is 2. The molecule has 0 amide bonds. The van der Waals surface area contributed by atoms with Gasteiger partial charge in [0.15, 0.2) is 5.65 Å². The molecule has 0 atom stereocenters. The van der Waals surface area contributed by atoms with Crippen molar-refractivity contribution in [2.45, 2.75) is 13.5 Å². The molecule has 18 heavy (non-hydrogen) atoms. The summed E-state index contributed by atoms with van der Waals surface area (Å²) in [6, 6.07) is 2.59. The molecule has 0 aliphatic heterocycles. The largest absolute Gasteiger partial charge is 0.478 e. The lowest BCUT2D eigenvalue weighted by molar-refractivity contribution is 0.0691. The highest BCUT2D eigenvalue weighted by Crippen LogP contribution is 2.18. The van der Waals surface area contributed by atoms with Gasteiger partial charge in [-0.1, -0.05) is 0 Å². The second-order valence-corrected chi connectivity index (χ2v) is 3.82. The zero-order valence-corrected chi connectivity index (χ0v) is 9.90. The van der Waals surface area contributed by atoms with Gasteiger partial charge >= 0.3 is 5.97 Å². The third kappa shape index (κ3) is 2.14. The Kier molecular flexibility index (Phi) is 3.20. The van der Waals surface area contributed by atoms with Crippen LogP contribution in [0, 0.1) is 12.7 Å². The number of aryl methyl sites for hydroxylation is 1. The van der Waals surface area contributed by atoms with Gasteiger partial charge < -0.3 is 9.84 Å². The zero-order valence-electron chi connectivity index (χ0n) is 9.90. The molecule has 1 N–H and O–H groups in total. The number of fused-ring (bicyclic) bond motifs is 1. The van der Waals surface area contributed by atoms with Crippen molar-refractivity contribution in [2.75, 3.05) is 7.11 Å². The average Bonchev–Trinajstić information content (AvgIpc) is 2.30. The molecule has 2 heterocycles. The predicted octanol–water partition coefficient (Wildman–Crippen LogP) is 1.92. The molecule has 6 heteroatoms. The lowest BCUT2D eigenvalue weighted by Gasteiger charge is -2.07. The van der Waals surface area contributed by atoms with Crippen LogP contribution in [-0.4, -0.2) is 28.2 Å². The Morgan fingerprint density at radius 2 is 2.17 bits per heavy atom. The number of methoxy groups -OCH3 is 1. The zero-order chi connectivity index (χ0) is 13.3. The maximum atomic E-state index is 13.4. The van der Waals surface area contributed by atoms with Gasteiger partial charge in [-0.3, -0.25) is 0 Å². The van der Waals surface area contributed by atoms with Crippen LogP contribution in [-0.2, 0) is 11.3 Å². The van der Waals surface area contributed by atoms with Crippen molar-refractivity contribution in [3.8, 4) is 0 Å². The molecule has 0 saturated carbocycles. The Hall–Kier alpha value is -2.08. The SMILES string of the molecule is COCc1nc2nc(C)c(F)cc2cc1C(=O)O. The van der Waals surface area contributed by atoms with Crippen molar-refractivity contribution in [3.05, 3.63) is 34.9 Å². The molecular weight excluding hydrogens is 239 g/mol. The topological polar surface area (TPSA) is 72.3 Å². The molecule has 0 spiro atoms. The molecule has 2 rings (SSSR count). The molecule has 0 unspecified atom stereocenters. The van der Waals surface area contributed by atoms with Crippen LogP contribution in [0.3, 0.4) is 0 Å². The molecule has 0 aliphatic carbocycles. The molecule has 0 bridgehead atoms. The van der Waals surface area contributed by atoms with Crippen molar-refractivity contribution < 1.29 is 19.0 Å². The summed E-state index contributed by atoms with van der Waals surface area (Å²) >= 11 is 0. The number of rotatable bonds is 3. The van der Waals surface area contributed by atoms with E-state index in [0.717, 1.165) is 0 Å². The van der Waals surface area contributed by atoms with Crippen molar-refractivity contribution in [3.63, 3.8) is 0 Å². The molecule has 2 aromatic rings. The number of halogens is 1. The molecule has 2 aromatic heterocycles. The first-order valence-corrected chi connectivity index (χ1v) is 5.22. The van der Waals surface area contributed by atoms with Gasteiger partial charge in [-0.25, -0.2) is 19.2 Å². The Morgan fingerprint density at radius 3 is 2.78 bits per heavy atom. The molecule has 0 radical (unpaired) electrons. The highest BCUT2D eigenvalue weighted by Gasteiger charge is 2.14. The predicted molar refractivity (Wildman–Crippen MR) is 61.9 cm³/mol. The van der Waals surface area contributed by atoms with Crippen LogP contribution in [0.5, 0.6) is 0 Å². The third-order valence-corrected chi connectivity index (χ3v) is 2.52. The van der Waals surface area contributed by atoms with Crippen LogP contribution >= 0.6 is 0 Å². The fraction of sp³-hybridized carbons (Fsp3) is 0.250. The molecule has 0 aromatic carbocycles. The summed E-state index contributed by atoms with van der Waals surface area (Å²) in [4.78, 5) is 19.2. The monoisotopic (exact) mass is 250 g/mol. The minimum atomic E-state index is -1.13. The maximum absolute atomic E-state index is 13.4. The fourth-order valence-corrected chi connectivity index (χ4v) is 1.64. The van der Waals surface area contributed by atoms with E-state index in [-0.39, 0.29) is 23.6 Å². The second kappa shape index (κ2) is 4.66. The summed E-state index contributed by atoms with van der Waals surface area (Å²) in [5.41, 5.74) is 0.804. The number of ether oxygens (including phenoxy) is 1. The van der Waals surface area contributed by atoms with Crippen LogP contribution in [0.15, 0.2) is 12.1 Å². The van der Waals surface area contributed by atoms with E-state index in [1.807, 2.05) is 0 Å². The average molecular weight is 250 g/mol.